The smallest absolute Gasteiger partial charge is 0.269 e. The number of hydrogen-bond acceptors (Lipinski definition) is 6. The number of aromatic nitrogens is 1. The second-order valence-corrected chi connectivity index (χ2v) is 9.80. The second-order valence-electron chi connectivity index (χ2n) is 9.41. The van der Waals surface area contributed by atoms with Gasteiger partial charge in [0, 0.05) is 29.6 Å². The third kappa shape index (κ3) is 5.02. The van der Waals surface area contributed by atoms with Gasteiger partial charge in [-0.3, -0.25) is 15.1 Å². The lowest BCUT2D eigenvalue weighted by Crippen LogP contribution is -2.29. The molecule has 6 rings (SSSR count). The first-order valence-electron chi connectivity index (χ1n) is 12.7. The molecule has 3 aromatic carbocycles. The van der Waals surface area contributed by atoms with E-state index < -0.39 is 4.92 Å². The minimum atomic E-state index is -0.422. The molecule has 1 aliphatic heterocycles. The summed E-state index contributed by atoms with van der Waals surface area (Å²) in [7, 11) is 0. The topological polar surface area (TPSA) is 93.7 Å². The Labute approximate surface area is 236 Å². The Morgan fingerprint density at radius 3 is 2.27 bits per heavy atom. The van der Waals surface area contributed by atoms with E-state index in [0.717, 1.165) is 22.7 Å². The van der Waals surface area contributed by atoms with Gasteiger partial charge in [0.1, 0.15) is 29.1 Å². The summed E-state index contributed by atoms with van der Waals surface area (Å²) in [6.07, 6.45) is 1.75. The minimum Gasteiger partial charge on any atom is -0.459 e. The Balaban J connectivity index is 1.33. The van der Waals surface area contributed by atoms with Crippen molar-refractivity contribution in [3.63, 3.8) is 0 Å². The zero-order valence-corrected chi connectivity index (χ0v) is 22.2. The third-order valence-electron chi connectivity index (χ3n) is 6.75. The monoisotopic (exact) mass is 548 g/mol. The van der Waals surface area contributed by atoms with Crippen molar-refractivity contribution in [1.82, 2.24) is 10.3 Å². The lowest BCUT2D eigenvalue weighted by molar-refractivity contribution is -0.384. The number of furan rings is 1. The third-order valence-corrected chi connectivity index (χ3v) is 7.07. The first kappa shape index (κ1) is 25.3. The number of hydrogen-bond donors (Lipinski definition) is 1. The van der Waals surface area contributed by atoms with Gasteiger partial charge in [-0.2, -0.15) is 0 Å². The predicted octanol–water partition coefficient (Wildman–Crippen LogP) is 7.53. The summed E-state index contributed by atoms with van der Waals surface area (Å²) in [5, 5.41) is 15.0. The Morgan fingerprint density at radius 2 is 1.62 bits per heavy atom. The van der Waals surface area contributed by atoms with Gasteiger partial charge < -0.3 is 19.4 Å². The molecule has 2 atom stereocenters. The highest BCUT2D eigenvalue weighted by atomic mass is 32.1. The maximum atomic E-state index is 11.1. The van der Waals surface area contributed by atoms with E-state index in [-0.39, 0.29) is 17.8 Å². The number of ether oxygens (including phenoxy) is 1. The Kier molecular flexibility index (Phi) is 6.71. The zero-order chi connectivity index (χ0) is 27.6. The molecular formula is C31H24N4O4S. The van der Waals surface area contributed by atoms with Crippen LogP contribution >= 0.6 is 12.2 Å². The number of nitro groups is 1. The van der Waals surface area contributed by atoms with Gasteiger partial charge >= 0.3 is 0 Å². The van der Waals surface area contributed by atoms with Crippen molar-refractivity contribution >= 4 is 28.7 Å². The van der Waals surface area contributed by atoms with Crippen LogP contribution in [0.2, 0.25) is 0 Å². The molecule has 198 valence electrons. The molecule has 1 N–H and O–H groups in total. The van der Waals surface area contributed by atoms with Gasteiger partial charge in [0.15, 0.2) is 5.11 Å². The lowest BCUT2D eigenvalue weighted by Gasteiger charge is -2.26. The van der Waals surface area contributed by atoms with Gasteiger partial charge in [-0.05, 0) is 91.9 Å². The second kappa shape index (κ2) is 10.6. The molecule has 1 saturated heterocycles. The van der Waals surface area contributed by atoms with Crippen molar-refractivity contribution in [1.29, 1.82) is 0 Å². The van der Waals surface area contributed by atoms with Crippen LogP contribution in [0.5, 0.6) is 11.5 Å². The van der Waals surface area contributed by atoms with Crippen molar-refractivity contribution in [3.05, 3.63) is 136 Å². The Bertz CT molecular complexity index is 1650. The van der Waals surface area contributed by atoms with Gasteiger partial charge in [0.25, 0.3) is 5.69 Å². The average molecular weight is 549 g/mol. The molecule has 8 nitrogen and oxygen atoms in total. The molecule has 40 heavy (non-hydrogen) atoms. The molecule has 0 unspecified atom stereocenters. The molecule has 0 saturated carbocycles. The molecule has 0 spiro atoms. The average Bonchev–Trinajstić information content (AvgIpc) is 3.60. The summed E-state index contributed by atoms with van der Waals surface area (Å²) in [6.45, 7) is 2.04. The number of aryl methyl sites for hydroxylation is 1. The molecule has 0 amide bonds. The van der Waals surface area contributed by atoms with E-state index in [4.69, 9.17) is 21.4 Å². The van der Waals surface area contributed by atoms with E-state index >= 15 is 0 Å². The number of nitrogens with one attached hydrogen (secondary N) is 1. The van der Waals surface area contributed by atoms with E-state index in [2.05, 4.69) is 10.3 Å². The fourth-order valence-electron chi connectivity index (χ4n) is 4.75. The lowest BCUT2D eigenvalue weighted by atomic mass is 10.0. The first-order valence-corrected chi connectivity index (χ1v) is 13.1. The number of anilines is 1. The number of non-ortho nitro benzene ring substituents is 1. The zero-order valence-electron chi connectivity index (χ0n) is 21.4. The molecule has 0 bridgehead atoms. The number of nitro benzene ring substituents is 1. The maximum absolute atomic E-state index is 11.1. The molecule has 1 fully saturated rings. The molecular weight excluding hydrogens is 524 g/mol. The quantitative estimate of drug-likeness (QED) is 0.127. The Hall–Kier alpha value is -5.02. The maximum Gasteiger partial charge on any atom is 0.269 e. The van der Waals surface area contributed by atoms with Crippen molar-refractivity contribution in [3.8, 4) is 22.8 Å². The SMILES string of the molecule is Cc1ccc(Oc2ccc(N3C(=S)N[C@H](c4ccccn4)[C@H]3c3ccc(-c4ccc([N+](=O)[O-])cc4)o3)cc2)cc1. The van der Waals surface area contributed by atoms with Crippen LogP contribution in [0, 0.1) is 17.0 Å². The summed E-state index contributed by atoms with van der Waals surface area (Å²) < 4.78 is 12.4. The summed E-state index contributed by atoms with van der Waals surface area (Å²) in [5.74, 6) is 2.75. The van der Waals surface area contributed by atoms with Crippen LogP contribution in [-0.2, 0) is 0 Å². The number of pyridine rings is 1. The van der Waals surface area contributed by atoms with Crippen molar-refractivity contribution in [2.45, 2.75) is 19.0 Å². The van der Waals surface area contributed by atoms with Crippen molar-refractivity contribution in [2.75, 3.05) is 4.90 Å². The molecule has 0 radical (unpaired) electrons. The predicted molar refractivity (Wildman–Crippen MR) is 156 cm³/mol. The van der Waals surface area contributed by atoms with Crippen LogP contribution in [0.3, 0.4) is 0 Å². The minimum absolute atomic E-state index is 0.0251. The van der Waals surface area contributed by atoms with Gasteiger partial charge in [-0.1, -0.05) is 23.8 Å². The number of rotatable bonds is 7. The van der Waals surface area contributed by atoms with E-state index in [1.807, 2.05) is 90.7 Å². The summed E-state index contributed by atoms with van der Waals surface area (Å²) >= 11 is 5.82. The largest absolute Gasteiger partial charge is 0.459 e. The van der Waals surface area contributed by atoms with Crippen LogP contribution < -0.4 is 15.0 Å². The fraction of sp³-hybridized carbons (Fsp3) is 0.0968. The molecule has 1 aliphatic rings. The van der Waals surface area contributed by atoms with Gasteiger partial charge in [0.2, 0.25) is 0 Å². The number of benzene rings is 3. The highest BCUT2D eigenvalue weighted by molar-refractivity contribution is 7.80. The van der Waals surface area contributed by atoms with Crippen molar-refractivity contribution in [2.24, 2.45) is 0 Å². The van der Waals surface area contributed by atoms with E-state index in [1.165, 1.54) is 17.7 Å². The summed E-state index contributed by atoms with van der Waals surface area (Å²) in [4.78, 5) is 17.2. The van der Waals surface area contributed by atoms with Gasteiger partial charge in [-0.15, -0.1) is 0 Å². The molecule has 3 heterocycles. The molecule has 0 aliphatic carbocycles. The highest BCUT2D eigenvalue weighted by Crippen LogP contribution is 2.43. The molecule has 2 aromatic heterocycles. The normalized spacial score (nSPS) is 16.5. The van der Waals surface area contributed by atoms with E-state index in [0.29, 0.717) is 22.4 Å². The highest BCUT2D eigenvalue weighted by Gasteiger charge is 2.42. The van der Waals surface area contributed by atoms with E-state index in [1.54, 1.807) is 18.3 Å². The standard InChI is InChI=1S/C31H24N4O4S/c1-20-5-13-24(14-6-20)38-25-15-11-22(12-16-25)34-30(29(33-31(34)40)26-4-2-3-19-32-26)28-18-17-27(39-28)21-7-9-23(10-8-21)35(36)37/h2-19,29-30H,1H3,(H,33,40)/t29-,30-/m1/s1. The van der Waals surface area contributed by atoms with Crippen LogP contribution in [-0.4, -0.2) is 15.0 Å². The van der Waals surface area contributed by atoms with Gasteiger partial charge in [-0.25, -0.2) is 0 Å². The Morgan fingerprint density at radius 1 is 0.925 bits per heavy atom. The number of nitrogens with zero attached hydrogens (tertiary/aromatic N) is 3. The molecule has 9 heteroatoms. The van der Waals surface area contributed by atoms with Crippen molar-refractivity contribution < 1.29 is 14.1 Å². The first-order chi connectivity index (χ1) is 19.5. The van der Waals surface area contributed by atoms with Crippen LogP contribution in [0.4, 0.5) is 11.4 Å². The summed E-state index contributed by atoms with van der Waals surface area (Å²) in [6, 6.07) is 30.9. The van der Waals surface area contributed by atoms with Crippen LogP contribution in [0.15, 0.2) is 114 Å². The molecule has 5 aromatic rings. The summed E-state index contributed by atoms with van der Waals surface area (Å²) in [5.41, 5.74) is 3.62. The van der Waals surface area contributed by atoms with Crippen LogP contribution in [0.1, 0.15) is 29.1 Å². The number of thiocarbonyl (C=S) groups is 1. The van der Waals surface area contributed by atoms with Crippen LogP contribution in [0.25, 0.3) is 11.3 Å². The fourth-order valence-corrected chi connectivity index (χ4v) is 5.10. The van der Waals surface area contributed by atoms with Gasteiger partial charge in [0.05, 0.1) is 16.7 Å². The van der Waals surface area contributed by atoms with E-state index in [9.17, 15) is 10.1 Å².